The zero-order chi connectivity index (χ0) is 15.6. The summed E-state index contributed by atoms with van der Waals surface area (Å²) in [6, 6.07) is 5.56. The first kappa shape index (κ1) is 15.8. The van der Waals surface area contributed by atoms with Crippen LogP contribution in [0.5, 0.6) is 0 Å². The zero-order valence-corrected chi connectivity index (χ0v) is 13.5. The fraction of sp³-hybridized carbons (Fsp3) is 0.500. The van der Waals surface area contributed by atoms with E-state index in [9.17, 15) is 9.59 Å². The molecule has 1 aromatic rings. The van der Waals surface area contributed by atoms with Crippen LogP contribution in [-0.4, -0.2) is 23.9 Å². The minimum atomic E-state index is -0.834. The van der Waals surface area contributed by atoms with Crippen molar-refractivity contribution in [1.82, 2.24) is 5.32 Å². The molecule has 0 radical (unpaired) electrons. The van der Waals surface area contributed by atoms with Crippen LogP contribution in [0.15, 0.2) is 18.2 Å². The number of halogens is 1. The van der Waals surface area contributed by atoms with Gasteiger partial charge in [-0.3, -0.25) is 9.59 Å². The SMILES string of the molecule is CCC1(CC)NC(=O)CCN(c2c(C)cccc2Cl)C1=O. The van der Waals surface area contributed by atoms with E-state index in [2.05, 4.69) is 5.32 Å². The molecule has 0 atom stereocenters. The third-order valence-electron chi connectivity index (χ3n) is 4.26. The fourth-order valence-electron chi connectivity index (χ4n) is 2.86. The van der Waals surface area contributed by atoms with E-state index in [-0.39, 0.29) is 18.2 Å². The number of benzene rings is 1. The van der Waals surface area contributed by atoms with Crippen LogP contribution >= 0.6 is 11.6 Å². The molecular weight excluding hydrogens is 288 g/mol. The molecule has 1 aliphatic rings. The van der Waals surface area contributed by atoms with E-state index in [0.29, 0.717) is 30.1 Å². The summed E-state index contributed by atoms with van der Waals surface area (Å²) in [5.41, 5.74) is 0.817. The van der Waals surface area contributed by atoms with Gasteiger partial charge in [-0.1, -0.05) is 37.6 Å². The minimum Gasteiger partial charge on any atom is -0.342 e. The normalized spacial score (nSPS) is 18.4. The molecule has 2 rings (SSSR count). The second-order valence-corrected chi connectivity index (χ2v) is 5.86. The minimum absolute atomic E-state index is 0.0745. The highest BCUT2D eigenvalue weighted by Crippen LogP contribution is 2.33. The van der Waals surface area contributed by atoms with E-state index in [1.54, 1.807) is 11.0 Å². The van der Waals surface area contributed by atoms with Crippen LogP contribution in [0.1, 0.15) is 38.7 Å². The maximum atomic E-state index is 13.0. The number of hydrogen-bond acceptors (Lipinski definition) is 2. The molecule has 2 amide bonds. The molecule has 1 N–H and O–H groups in total. The number of carbonyl (C=O) groups excluding carboxylic acids is 2. The maximum absolute atomic E-state index is 13.0. The molecule has 0 unspecified atom stereocenters. The van der Waals surface area contributed by atoms with Gasteiger partial charge in [-0.05, 0) is 31.4 Å². The van der Waals surface area contributed by atoms with Crippen molar-refractivity contribution in [3.05, 3.63) is 28.8 Å². The number of carbonyl (C=O) groups is 2. The number of rotatable bonds is 3. The smallest absolute Gasteiger partial charge is 0.252 e. The number of hydrogen-bond donors (Lipinski definition) is 1. The summed E-state index contributed by atoms with van der Waals surface area (Å²) in [6.45, 7) is 6.13. The van der Waals surface area contributed by atoms with Gasteiger partial charge in [-0.15, -0.1) is 0 Å². The molecule has 1 fully saturated rings. The van der Waals surface area contributed by atoms with E-state index in [1.807, 2.05) is 32.9 Å². The molecule has 5 heteroatoms. The van der Waals surface area contributed by atoms with Crippen molar-refractivity contribution in [3.8, 4) is 0 Å². The van der Waals surface area contributed by atoms with E-state index >= 15 is 0 Å². The highest BCUT2D eigenvalue weighted by Gasteiger charge is 2.42. The molecule has 1 aromatic carbocycles. The number of nitrogens with one attached hydrogen (secondary N) is 1. The number of nitrogens with zero attached hydrogens (tertiary/aromatic N) is 1. The van der Waals surface area contributed by atoms with Crippen LogP contribution < -0.4 is 10.2 Å². The summed E-state index contributed by atoms with van der Waals surface area (Å²) in [5.74, 6) is -0.159. The van der Waals surface area contributed by atoms with Crippen molar-refractivity contribution >= 4 is 29.1 Å². The highest BCUT2D eigenvalue weighted by atomic mass is 35.5. The van der Waals surface area contributed by atoms with Gasteiger partial charge in [-0.25, -0.2) is 0 Å². The second kappa shape index (κ2) is 6.06. The molecule has 0 aliphatic carbocycles. The molecule has 21 heavy (non-hydrogen) atoms. The van der Waals surface area contributed by atoms with Crippen molar-refractivity contribution in [2.24, 2.45) is 0 Å². The lowest BCUT2D eigenvalue weighted by molar-refractivity contribution is -0.130. The summed E-state index contributed by atoms with van der Waals surface area (Å²) in [5, 5.41) is 3.45. The summed E-state index contributed by atoms with van der Waals surface area (Å²) in [7, 11) is 0. The molecule has 0 aromatic heterocycles. The molecular formula is C16H21ClN2O2. The Morgan fingerprint density at radius 2 is 1.95 bits per heavy atom. The number of amides is 2. The fourth-order valence-corrected chi connectivity index (χ4v) is 3.19. The van der Waals surface area contributed by atoms with Crippen LogP contribution in [0.25, 0.3) is 0 Å². The highest BCUT2D eigenvalue weighted by molar-refractivity contribution is 6.34. The Morgan fingerprint density at radius 3 is 2.52 bits per heavy atom. The third-order valence-corrected chi connectivity index (χ3v) is 4.57. The van der Waals surface area contributed by atoms with Crippen LogP contribution in [0.3, 0.4) is 0 Å². The van der Waals surface area contributed by atoms with Gasteiger partial charge in [0.2, 0.25) is 5.91 Å². The van der Waals surface area contributed by atoms with Crippen molar-refractivity contribution in [1.29, 1.82) is 0 Å². The van der Waals surface area contributed by atoms with Gasteiger partial charge < -0.3 is 10.2 Å². The monoisotopic (exact) mass is 308 g/mol. The Bertz CT molecular complexity index is 547. The maximum Gasteiger partial charge on any atom is 0.252 e. The van der Waals surface area contributed by atoms with Gasteiger partial charge in [-0.2, -0.15) is 0 Å². The molecule has 0 bridgehead atoms. The van der Waals surface area contributed by atoms with Gasteiger partial charge >= 0.3 is 0 Å². The van der Waals surface area contributed by atoms with Crippen molar-refractivity contribution in [2.45, 2.75) is 45.6 Å². The van der Waals surface area contributed by atoms with Crippen molar-refractivity contribution in [2.75, 3.05) is 11.4 Å². The largest absolute Gasteiger partial charge is 0.342 e. The van der Waals surface area contributed by atoms with Crippen LogP contribution in [-0.2, 0) is 9.59 Å². The average Bonchev–Trinajstić information content (AvgIpc) is 2.58. The number of para-hydroxylation sites is 1. The second-order valence-electron chi connectivity index (χ2n) is 5.45. The molecule has 1 aliphatic heterocycles. The van der Waals surface area contributed by atoms with Crippen LogP contribution in [0.4, 0.5) is 5.69 Å². The number of anilines is 1. The first-order valence-electron chi connectivity index (χ1n) is 7.33. The van der Waals surface area contributed by atoms with E-state index < -0.39 is 5.54 Å². The van der Waals surface area contributed by atoms with Gasteiger partial charge in [0.15, 0.2) is 0 Å². The lowest BCUT2D eigenvalue weighted by Crippen LogP contribution is -2.56. The predicted octanol–water partition coefficient (Wildman–Crippen LogP) is 3.06. The average molecular weight is 309 g/mol. The first-order chi connectivity index (χ1) is 9.95. The van der Waals surface area contributed by atoms with E-state index in [1.165, 1.54) is 0 Å². The summed E-state index contributed by atoms with van der Waals surface area (Å²) >= 11 is 6.30. The van der Waals surface area contributed by atoms with Gasteiger partial charge in [0.25, 0.3) is 5.91 Å². The summed E-state index contributed by atoms with van der Waals surface area (Å²) < 4.78 is 0. The topological polar surface area (TPSA) is 49.4 Å². The summed E-state index contributed by atoms with van der Waals surface area (Å²) in [4.78, 5) is 26.7. The van der Waals surface area contributed by atoms with Gasteiger partial charge in [0.05, 0.1) is 10.7 Å². The molecule has 1 saturated heterocycles. The van der Waals surface area contributed by atoms with Crippen molar-refractivity contribution < 1.29 is 9.59 Å². The molecule has 0 spiro atoms. The Kier molecular flexibility index (Phi) is 4.57. The van der Waals surface area contributed by atoms with E-state index in [0.717, 1.165) is 5.56 Å². The van der Waals surface area contributed by atoms with Gasteiger partial charge in [0.1, 0.15) is 5.54 Å². The summed E-state index contributed by atoms with van der Waals surface area (Å²) in [6.07, 6.45) is 1.42. The Hall–Kier alpha value is -1.55. The Labute approximate surface area is 130 Å². The van der Waals surface area contributed by atoms with Crippen molar-refractivity contribution in [3.63, 3.8) is 0 Å². The predicted molar refractivity (Wildman–Crippen MR) is 84.6 cm³/mol. The van der Waals surface area contributed by atoms with Crippen LogP contribution in [0.2, 0.25) is 5.02 Å². The number of aryl methyl sites for hydroxylation is 1. The molecule has 4 nitrogen and oxygen atoms in total. The standard InChI is InChI=1S/C16H21ClN2O2/c1-4-16(5-2)15(21)19(10-9-13(20)18-16)14-11(3)7-6-8-12(14)17/h6-8H,4-5,9-10H2,1-3H3,(H,18,20). The Morgan fingerprint density at radius 1 is 1.29 bits per heavy atom. The zero-order valence-electron chi connectivity index (χ0n) is 12.7. The lowest BCUT2D eigenvalue weighted by atomic mass is 9.91. The molecule has 114 valence electrons. The lowest BCUT2D eigenvalue weighted by Gasteiger charge is -2.34. The van der Waals surface area contributed by atoms with Gasteiger partial charge in [0, 0.05) is 13.0 Å². The third kappa shape index (κ3) is 2.77. The molecule has 0 saturated carbocycles. The first-order valence-corrected chi connectivity index (χ1v) is 7.71. The molecule has 1 heterocycles. The van der Waals surface area contributed by atoms with Crippen LogP contribution in [0, 0.1) is 6.92 Å². The Balaban J connectivity index is 2.52. The van der Waals surface area contributed by atoms with E-state index in [4.69, 9.17) is 11.6 Å². The quantitative estimate of drug-likeness (QED) is 0.933.